The molecule has 0 saturated heterocycles. The number of aromatic nitrogens is 2. The highest BCUT2D eigenvalue weighted by Crippen LogP contribution is 2.34. The van der Waals surface area contributed by atoms with E-state index < -0.39 is 11.9 Å². The fourth-order valence-electron chi connectivity index (χ4n) is 4.02. The van der Waals surface area contributed by atoms with Gasteiger partial charge in [0.25, 0.3) is 5.56 Å². The molecule has 0 atom stereocenters. The first-order valence-corrected chi connectivity index (χ1v) is 12.6. The van der Waals surface area contributed by atoms with Crippen LogP contribution in [0.25, 0.3) is 22.0 Å². The molecule has 1 aliphatic rings. The topological polar surface area (TPSA) is 112 Å². The Morgan fingerprint density at radius 2 is 1.84 bits per heavy atom. The molecule has 4 aromatic rings. The maximum atomic E-state index is 13.3. The molecule has 188 valence electrons. The van der Waals surface area contributed by atoms with Gasteiger partial charge in [0.2, 0.25) is 12.7 Å². The number of carbonyl (C=O) groups excluding carboxylic acids is 2. The molecule has 0 fully saturated rings. The third kappa shape index (κ3) is 5.29. The number of carbonyl (C=O) groups is 2. The summed E-state index contributed by atoms with van der Waals surface area (Å²) in [5, 5.41) is 5.80. The van der Waals surface area contributed by atoms with Crippen molar-refractivity contribution in [2.45, 2.75) is 25.5 Å². The zero-order valence-electron chi connectivity index (χ0n) is 20.2. The Kier molecular flexibility index (Phi) is 6.82. The summed E-state index contributed by atoms with van der Waals surface area (Å²) >= 11 is 1.10. The molecule has 10 heteroatoms. The molecular formula is C27H24N4O5S. The van der Waals surface area contributed by atoms with E-state index in [1.54, 1.807) is 18.2 Å². The molecule has 3 aromatic carbocycles. The van der Waals surface area contributed by atoms with E-state index in [1.807, 2.05) is 50.2 Å². The van der Waals surface area contributed by atoms with Crippen LogP contribution in [0.2, 0.25) is 0 Å². The molecule has 0 unspecified atom stereocenters. The van der Waals surface area contributed by atoms with E-state index in [-0.39, 0.29) is 18.1 Å². The Labute approximate surface area is 216 Å². The van der Waals surface area contributed by atoms with E-state index in [1.165, 1.54) is 4.57 Å². The molecule has 0 spiro atoms. The van der Waals surface area contributed by atoms with Crippen LogP contribution in [0.5, 0.6) is 11.5 Å². The van der Waals surface area contributed by atoms with Crippen LogP contribution < -0.4 is 25.7 Å². The van der Waals surface area contributed by atoms with Gasteiger partial charge < -0.3 is 14.8 Å². The number of anilines is 1. The SMILES string of the molecule is CCn1c(SCC(=O)NC(=O)Nc2ccc3c(c2)OCO3)nc2ccc(-c3cccc(C)c3)cc2c1=O. The van der Waals surface area contributed by atoms with Crippen LogP contribution >= 0.6 is 11.8 Å². The van der Waals surface area contributed by atoms with E-state index in [0.717, 1.165) is 28.5 Å². The summed E-state index contributed by atoms with van der Waals surface area (Å²) in [6.07, 6.45) is 0. The maximum Gasteiger partial charge on any atom is 0.325 e. The Morgan fingerprint density at radius 1 is 1.03 bits per heavy atom. The number of hydrogen-bond donors (Lipinski definition) is 2. The number of fused-ring (bicyclic) bond motifs is 2. The molecule has 2 N–H and O–H groups in total. The van der Waals surface area contributed by atoms with E-state index in [0.29, 0.717) is 39.8 Å². The van der Waals surface area contributed by atoms with Crippen molar-refractivity contribution in [3.8, 4) is 22.6 Å². The lowest BCUT2D eigenvalue weighted by Gasteiger charge is -2.12. The number of imide groups is 1. The molecule has 0 bridgehead atoms. The normalized spacial score (nSPS) is 11.9. The van der Waals surface area contributed by atoms with E-state index in [4.69, 9.17) is 9.47 Å². The Balaban J connectivity index is 1.28. The average molecular weight is 517 g/mol. The summed E-state index contributed by atoms with van der Waals surface area (Å²) in [6.45, 7) is 4.39. The standard InChI is InChI=1S/C27H24N4O5S/c1-3-31-25(33)20-12-18(17-6-4-5-16(2)11-17)7-9-21(20)29-27(31)37-14-24(32)30-26(34)28-19-8-10-22-23(13-19)36-15-35-22/h4-13H,3,14-15H2,1-2H3,(H2,28,30,32,34). The lowest BCUT2D eigenvalue weighted by atomic mass is 10.0. The molecule has 1 aliphatic heterocycles. The fourth-order valence-corrected chi connectivity index (χ4v) is 4.89. The second-order valence-electron chi connectivity index (χ2n) is 8.40. The first kappa shape index (κ1) is 24.4. The molecular weight excluding hydrogens is 492 g/mol. The largest absolute Gasteiger partial charge is 0.454 e. The van der Waals surface area contributed by atoms with Gasteiger partial charge in [0.1, 0.15) is 0 Å². The van der Waals surface area contributed by atoms with Gasteiger partial charge in [-0.25, -0.2) is 9.78 Å². The lowest BCUT2D eigenvalue weighted by Crippen LogP contribution is -2.35. The van der Waals surface area contributed by atoms with Gasteiger partial charge in [0.05, 0.1) is 16.7 Å². The van der Waals surface area contributed by atoms with Gasteiger partial charge >= 0.3 is 6.03 Å². The Hall–Kier alpha value is -4.31. The van der Waals surface area contributed by atoms with Crippen molar-refractivity contribution in [3.05, 3.63) is 76.6 Å². The predicted molar refractivity (Wildman–Crippen MR) is 142 cm³/mol. The van der Waals surface area contributed by atoms with E-state index >= 15 is 0 Å². The Morgan fingerprint density at radius 3 is 2.65 bits per heavy atom. The molecule has 2 heterocycles. The van der Waals surface area contributed by atoms with E-state index in [2.05, 4.69) is 21.7 Å². The number of aryl methyl sites for hydroxylation is 1. The summed E-state index contributed by atoms with van der Waals surface area (Å²) in [6, 6.07) is 18.0. The number of nitrogens with one attached hydrogen (secondary N) is 2. The quantitative estimate of drug-likeness (QED) is 0.285. The number of amides is 3. The van der Waals surface area contributed by atoms with E-state index in [9.17, 15) is 14.4 Å². The van der Waals surface area contributed by atoms with Gasteiger partial charge in [0.15, 0.2) is 16.7 Å². The minimum Gasteiger partial charge on any atom is -0.454 e. The number of thioether (sulfide) groups is 1. The molecule has 0 saturated carbocycles. The molecule has 0 radical (unpaired) electrons. The van der Waals surface area contributed by atoms with Crippen molar-refractivity contribution >= 4 is 40.3 Å². The van der Waals surface area contributed by atoms with Crippen molar-refractivity contribution in [1.29, 1.82) is 0 Å². The van der Waals surface area contributed by atoms with Gasteiger partial charge in [-0.3, -0.25) is 19.5 Å². The minimum atomic E-state index is -0.674. The second-order valence-corrected chi connectivity index (χ2v) is 9.35. The number of ether oxygens (including phenoxy) is 2. The van der Waals surface area contributed by atoms with Gasteiger partial charge in [-0.05, 0) is 49.2 Å². The highest BCUT2D eigenvalue weighted by Gasteiger charge is 2.17. The van der Waals surface area contributed by atoms with Crippen LogP contribution in [0.1, 0.15) is 12.5 Å². The van der Waals surface area contributed by atoms with Crippen molar-refractivity contribution in [2.75, 3.05) is 17.9 Å². The number of nitrogens with zero attached hydrogens (tertiary/aromatic N) is 2. The monoisotopic (exact) mass is 516 g/mol. The lowest BCUT2D eigenvalue weighted by molar-refractivity contribution is -0.117. The third-order valence-corrected chi connectivity index (χ3v) is 6.78. The summed E-state index contributed by atoms with van der Waals surface area (Å²) in [4.78, 5) is 42.6. The van der Waals surface area contributed by atoms with Crippen molar-refractivity contribution in [2.24, 2.45) is 0 Å². The molecule has 5 rings (SSSR count). The van der Waals surface area contributed by atoms with Gasteiger partial charge in [-0.15, -0.1) is 0 Å². The van der Waals surface area contributed by atoms with Gasteiger partial charge in [-0.1, -0.05) is 47.7 Å². The first-order valence-electron chi connectivity index (χ1n) is 11.7. The first-order chi connectivity index (χ1) is 17.9. The van der Waals surface area contributed by atoms with Crippen LogP contribution in [0.3, 0.4) is 0 Å². The number of hydrogen-bond acceptors (Lipinski definition) is 7. The smallest absolute Gasteiger partial charge is 0.325 e. The van der Waals surface area contributed by atoms with Crippen molar-refractivity contribution < 1.29 is 19.1 Å². The molecule has 1 aromatic heterocycles. The molecule has 37 heavy (non-hydrogen) atoms. The second kappa shape index (κ2) is 10.4. The summed E-state index contributed by atoms with van der Waals surface area (Å²) in [5.74, 6) is 0.503. The summed E-state index contributed by atoms with van der Waals surface area (Å²) < 4.78 is 12.1. The number of benzene rings is 3. The summed E-state index contributed by atoms with van der Waals surface area (Å²) in [5.41, 5.74) is 3.93. The molecule has 0 aliphatic carbocycles. The zero-order chi connectivity index (χ0) is 25.9. The van der Waals surface area contributed by atoms with Crippen LogP contribution in [-0.4, -0.2) is 34.0 Å². The zero-order valence-corrected chi connectivity index (χ0v) is 21.1. The van der Waals surface area contributed by atoms with Gasteiger partial charge in [-0.2, -0.15) is 0 Å². The molecule has 9 nitrogen and oxygen atoms in total. The average Bonchev–Trinajstić information content (AvgIpc) is 3.35. The third-order valence-electron chi connectivity index (χ3n) is 5.80. The number of rotatable bonds is 6. The van der Waals surface area contributed by atoms with Crippen LogP contribution in [0, 0.1) is 6.92 Å². The highest BCUT2D eigenvalue weighted by atomic mass is 32.2. The number of urea groups is 1. The van der Waals surface area contributed by atoms with Crippen molar-refractivity contribution in [1.82, 2.24) is 14.9 Å². The Bertz CT molecular complexity index is 1580. The van der Waals surface area contributed by atoms with Crippen LogP contribution in [0.15, 0.2) is 70.6 Å². The van der Waals surface area contributed by atoms with Crippen LogP contribution in [-0.2, 0) is 11.3 Å². The maximum absolute atomic E-state index is 13.3. The minimum absolute atomic E-state index is 0.0894. The predicted octanol–water partition coefficient (Wildman–Crippen LogP) is 4.56. The fraction of sp³-hybridized carbons (Fsp3) is 0.185. The molecule has 3 amide bonds. The van der Waals surface area contributed by atoms with Crippen molar-refractivity contribution in [3.63, 3.8) is 0 Å². The van der Waals surface area contributed by atoms with Gasteiger partial charge in [0, 0.05) is 18.3 Å². The summed E-state index contributed by atoms with van der Waals surface area (Å²) in [7, 11) is 0. The van der Waals surface area contributed by atoms with Crippen LogP contribution in [0.4, 0.5) is 10.5 Å². The highest BCUT2D eigenvalue weighted by molar-refractivity contribution is 7.99.